The van der Waals surface area contributed by atoms with Crippen molar-refractivity contribution in [1.29, 1.82) is 0 Å². The van der Waals surface area contributed by atoms with Gasteiger partial charge in [-0.25, -0.2) is 0 Å². The highest BCUT2D eigenvalue weighted by Gasteiger charge is 2.42. The minimum atomic E-state index is -0.488. The second-order valence-electron chi connectivity index (χ2n) is 11.9. The van der Waals surface area contributed by atoms with Crippen LogP contribution >= 0.6 is 23.2 Å². The lowest BCUT2D eigenvalue weighted by molar-refractivity contribution is -0.130. The molecule has 8 heteroatoms. The summed E-state index contributed by atoms with van der Waals surface area (Å²) in [6.07, 6.45) is 1.18. The highest BCUT2D eigenvalue weighted by Crippen LogP contribution is 2.49. The predicted molar refractivity (Wildman–Crippen MR) is 167 cm³/mol. The largest absolute Gasteiger partial charge is 0.368 e. The topological polar surface area (TPSA) is 55.9 Å². The van der Waals surface area contributed by atoms with Crippen molar-refractivity contribution in [2.45, 2.75) is 32.7 Å². The van der Waals surface area contributed by atoms with Gasteiger partial charge in [-0.05, 0) is 59.9 Å². The number of nitrogens with one attached hydrogen (secondary N) is 1. The maximum Gasteiger partial charge on any atom is 0.242 e. The molecule has 0 saturated carbocycles. The first-order chi connectivity index (χ1) is 19.7. The van der Waals surface area contributed by atoms with Gasteiger partial charge in [0.15, 0.2) is 5.78 Å². The summed E-state index contributed by atoms with van der Waals surface area (Å²) in [4.78, 5) is 34.2. The van der Waals surface area contributed by atoms with Crippen LogP contribution in [-0.4, -0.2) is 49.3 Å². The van der Waals surface area contributed by atoms with Crippen molar-refractivity contribution in [1.82, 2.24) is 4.90 Å². The van der Waals surface area contributed by atoms with Gasteiger partial charge in [0.25, 0.3) is 0 Å². The van der Waals surface area contributed by atoms with Crippen molar-refractivity contribution in [3.8, 4) is 0 Å². The number of fused-ring (bicyclic) bond motifs is 1. The Labute approximate surface area is 251 Å². The number of piperazine rings is 1. The summed E-state index contributed by atoms with van der Waals surface area (Å²) in [5.41, 5.74) is 5.15. The molecule has 2 aliphatic heterocycles. The molecule has 1 atom stereocenters. The van der Waals surface area contributed by atoms with Gasteiger partial charge in [0.2, 0.25) is 5.91 Å². The number of anilines is 3. The van der Waals surface area contributed by atoms with Gasteiger partial charge in [0.1, 0.15) is 0 Å². The molecule has 212 valence electrons. The van der Waals surface area contributed by atoms with E-state index in [1.807, 2.05) is 77.7 Å². The van der Waals surface area contributed by atoms with E-state index >= 15 is 0 Å². The Morgan fingerprint density at radius 2 is 1.59 bits per heavy atom. The summed E-state index contributed by atoms with van der Waals surface area (Å²) in [7, 11) is 0. The lowest BCUT2D eigenvalue weighted by atomic mass is 9.73. The van der Waals surface area contributed by atoms with E-state index in [4.69, 9.17) is 23.2 Å². The highest BCUT2D eigenvalue weighted by atomic mass is 35.5. The zero-order valence-corrected chi connectivity index (χ0v) is 24.9. The summed E-state index contributed by atoms with van der Waals surface area (Å²) in [6.45, 7) is 7.10. The Bertz CT molecular complexity index is 1510. The number of amides is 1. The third-order valence-corrected chi connectivity index (χ3v) is 8.93. The number of carbonyl (C=O) groups is 2. The van der Waals surface area contributed by atoms with Crippen LogP contribution < -0.4 is 15.1 Å². The minimum Gasteiger partial charge on any atom is -0.368 e. The van der Waals surface area contributed by atoms with Crippen molar-refractivity contribution in [2.24, 2.45) is 5.41 Å². The second kappa shape index (κ2) is 11.1. The molecule has 0 bridgehead atoms. The average Bonchev–Trinajstić information content (AvgIpc) is 3.07. The summed E-state index contributed by atoms with van der Waals surface area (Å²) in [6, 6.07) is 23.0. The van der Waals surface area contributed by atoms with Crippen LogP contribution in [0.5, 0.6) is 0 Å². The van der Waals surface area contributed by atoms with E-state index in [0.717, 1.165) is 47.8 Å². The summed E-state index contributed by atoms with van der Waals surface area (Å²) >= 11 is 12.9. The monoisotopic (exact) mass is 588 g/mol. The smallest absolute Gasteiger partial charge is 0.242 e. The number of hydrogen-bond donors (Lipinski definition) is 1. The fourth-order valence-corrected chi connectivity index (χ4v) is 6.72. The Kier molecular flexibility index (Phi) is 7.47. The number of carbonyl (C=O) groups excluding carboxylic acids is 2. The first kappa shape index (κ1) is 27.7. The Hall–Kier alpha value is -3.48. The summed E-state index contributed by atoms with van der Waals surface area (Å²) < 4.78 is 0. The number of benzene rings is 3. The fraction of sp³-hybridized carbons (Fsp3) is 0.333. The standard InChI is InChI=1S/C33H34Cl2N4O2/c1-33(2)19-27-31(29(40)20-33)32(24-7-3-4-8-25(24)35)39(28-10-6-5-9-26(28)36-27)21-30(41)38-17-15-37(16-18-38)23-13-11-22(34)12-14-23/h3-14,32,36H,15-21H2,1-2H3. The third-order valence-electron chi connectivity index (χ3n) is 8.33. The maximum absolute atomic E-state index is 14.0. The molecule has 1 N–H and O–H groups in total. The fourth-order valence-electron chi connectivity index (χ4n) is 6.36. The molecule has 1 unspecified atom stereocenters. The van der Waals surface area contributed by atoms with Crippen LogP contribution in [0.2, 0.25) is 10.0 Å². The number of halogens is 2. The lowest BCUT2D eigenvalue weighted by Crippen LogP contribution is -2.52. The highest BCUT2D eigenvalue weighted by molar-refractivity contribution is 6.31. The van der Waals surface area contributed by atoms with Crippen LogP contribution in [0.4, 0.5) is 17.1 Å². The van der Waals surface area contributed by atoms with Gasteiger partial charge in [-0.2, -0.15) is 0 Å². The number of ketones is 1. The predicted octanol–water partition coefficient (Wildman–Crippen LogP) is 6.96. The molecule has 1 saturated heterocycles. The van der Waals surface area contributed by atoms with E-state index < -0.39 is 6.04 Å². The van der Waals surface area contributed by atoms with Crippen molar-refractivity contribution in [2.75, 3.05) is 47.8 Å². The zero-order valence-electron chi connectivity index (χ0n) is 23.4. The van der Waals surface area contributed by atoms with Gasteiger partial charge in [-0.1, -0.05) is 67.4 Å². The van der Waals surface area contributed by atoms with Crippen LogP contribution in [0.25, 0.3) is 0 Å². The van der Waals surface area contributed by atoms with E-state index in [1.165, 1.54) is 0 Å². The van der Waals surface area contributed by atoms with E-state index in [-0.39, 0.29) is 23.7 Å². The molecule has 3 aliphatic rings. The van der Waals surface area contributed by atoms with Crippen LogP contribution in [0.3, 0.4) is 0 Å². The number of nitrogens with zero attached hydrogens (tertiary/aromatic N) is 3. The van der Waals surface area contributed by atoms with Gasteiger partial charge >= 0.3 is 0 Å². The van der Waals surface area contributed by atoms with E-state index in [1.54, 1.807) is 0 Å². The second-order valence-corrected chi connectivity index (χ2v) is 12.7. The molecule has 0 aromatic heterocycles. The molecule has 41 heavy (non-hydrogen) atoms. The number of allylic oxidation sites excluding steroid dienone is 1. The molecule has 1 amide bonds. The molecule has 3 aromatic carbocycles. The molecule has 2 heterocycles. The number of hydrogen-bond acceptors (Lipinski definition) is 5. The van der Waals surface area contributed by atoms with Crippen molar-refractivity contribution >= 4 is 52.0 Å². The van der Waals surface area contributed by atoms with Gasteiger partial charge in [0.05, 0.1) is 24.0 Å². The average molecular weight is 590 g/mol. The van der Waals surface area contributed by atoms with Gasteiger partial charge in [0, 0.05) is 59.6 Å². The normalized spacial score (nSPS) is 20.2. The molecule has 3 aromatic rings. The SMILES string of the molecule is CC1(C)CC(=O)C2=C(C1)Nc1ccccc1N(CC(=O)N1CCN(c3ccc(Cl)cc3)CC1)C2c1ccccc1Cl. The van der Waals surface area contributed by atoms with Crippen LogP contribution in [0.15, 0.2) is 84.1 Å². The molecule has 1 aliphatic carbocycles. The lowest BCUT2D eigenvalue weighted by Gasteiger charge is -2.40. The summed E-state index contributed by atoms with van der Waals surface area (Å²) in [5.74, 6) is 0.121. The Balaban J connectivity index is 1.35. The Morgan fingerprint density at radius 1 is 0.902 bits per heavy atom. The molecule has 6 rings (SSSR count). The number of Topliss-reactive ketones (excluding diaryl/α,β-unsaturated/α-hetero) is 1. The Morgan fingerprint density at radius 3 is 2.32 bits per heavy atom. The van der Waals surface area contributed by atoms with Crippen LogP contribution in [0, 0.1) is 5.41 Å². The minimum absolute atomic E-state index is 0.0280. The maximum atomic E-state index is 14.0. The number of para-hydroxylation sites is 2. The molecule has 1 fully saturated rings. The van der Waals surface area contributed by atoms with Gasteiger partial charge in [-0.15, -0.1) is 0 Å². The van der Waals surface area contributed by atoms with Crippen LogP contribution in [0.1, 0.15) is 38.3 Å². The van der Waals surface area contributed by atoms with Gasteiger partial charge < -0.3 is 20.0 Å². The summed E-state index contributed by atoms with van der Waals surface area (Å²) in [5, 5.41) is 4.90. The van der Waals surface area contributed by atoms with Crippen LogP contribution in [-0.2, 0) is 9.59 Å². The van der Waals surface area contributed by atoms with Crippen molar-refractivity contribution < 1.29 is 9.59 Å². The molecular formula is C33H34Cl2N4O2. The van der Waals surface area contributed by atoms with Crippen molar-refractivity contribution in [3.63, 3.8) is 0 Å². The first-order valence-electron chi connectivity index (χ1n) is 14.1. The molecule has 0 spiro atoms. The number of rotatable bonds is 4. The first-order valence-corrected chi connectivity index (χ1v) is 14.9. The van der Waals surface area contributed by atoms with E-state index in [0.29, 0.717) is 35.1 Å². The van der Waals surface area contributed by atoms with Gasteiger partial charge in [-0.3, -0.25) is 9.59 Å². The third kappa shape index (κ3) is 5.55. The molecule has 6 nitrogen and oxygen atoms in total. The quantitative estimate of drug-likeness (QED) is 0.357. The van der Waals surface area contributed by atoms with E-state index in [9.17, 15) is 9.59 Å². The molecular weight excluding hydrogens is 555 g/mol. The van der Waals surface area contributed by atoms with Crippen molar-refractivity contribution in [3.05, 3.63) is 99.7 Å². The zero-order chi connectivity index (χ0) is 28.7. The van der Waals surface area contributed by atoms with E-state index in [2.05, 4.69) is 29.0 Å². The molecule has 0 radical (unpaired) electrons.